The minimum atomic E-state index is -1.07. The maximum absolute atomic E-state index is 12.6. The summed E-state index contributed by atoms with van der Waals surface area (Å²) in [6, 6.07) is 7.08. The molecule has 2 unspecified atom stereocenters. The fraction of sp³-hybridized carbons (Fsp3) is 0.550. The molecule has 0 spiro atoms. The molecule has 0 bridgehead atoms. The maximum atomic E-state index is 12.6. The first-order valence-corrected chi connectivity index (χ1v) is 9.03. The number of anilines is 1. The van der Waals surface area contributed by atoms with Crippen molar-refractivity contribution in [3.05, 3.63) is 29.8 Å². The Morgan fingerprint density at radius 2 is 1.81 bits per heavy atom. The van der Waals surface area contributed by atoms with Crippen molar-refractivity contribution in [1.29, 1.82) is 0 Å². The van der Waals surface area contributed by atoms with Gasteiger partial charge in [-0.2, -0.15) is 0 Å². The molecule has 2 amide bonds. The number of hydrogen-bond donors (Lipinski definition) is 3. The van der Waals surface area contributed by atoms with Crippen LogP contribution in [0.4, 0.5) is 5.69 Å². The van der Waals surface area contributed by atoms with E-state index in [1.165, 1.54) is 0 Å². The summed E-state index contributed by atoms with van der Waals surface area (Å²) >= 11 is 0. The SMILES string of the molecule is CC1CC(C(=O)Nc2ccc(CC(=O)NCC(=O)O)cc2)CC(C)(C)C1. The van der Waals surface area contributed by atoms with Crippen LogP contribution in [0.3, 0.4) is 0 Å². The predicted octanol–water partition coefficient (Wildman–Crippen LogP) is 2.83. The van der Waals surface area contributed by atoms with Crippen molar-refractivity contribution < 1.29 is 19.5 Å². The molecule has 2 rings (SSSR count). The van der Waals surface area contributed by atoms with Crippen LogP contribution in [0.2, 0.25) is 0 Å². The number of carboxylic acid groups (broad SMARTS) is 1. The largest absolute Gasteiger partial charge is 0.480 e. The van der Waals surface area contributed by atoms with E-state index < -0.39 is 5.97 Å². The first kappa shape index (κ1) is 19.9. The molecule has 0 aliphatic heterocycles. The number of carboxylic acids is 1. The van der Waals surface area contributed by atoms with Crippen molar-refractivity contribution in [1.82, 2.24) is 5.32 Å². The van der Waals surface area contributed by atoms with Crippen LogP contribution in [0.1, 0.15) is 45.6 Å². The van der Waals surface area contributed by atoms with E-state index in [1.807, 2.05) is 0 Å². The molecule has 0 saturated heterocycles. The monoisotopic (exact) mass is 360 g/mol. The number of nitrogens with one attached hydrogen (secondary N) is 2. The quantitative estimate of drug-likeness (QED) is 0.727. The Balaban J connectivity index is 1.89. The molecule has 1 aliphatic carbocycles. The number of carbonyl (C=O) groups excluding carboxylic acids is 2. The Kier molecular flexibility index (Phi) is 6.40. The van der Waals surface area contributed by atoms with Crippen molar-refractivity contribution in [3.8, 4) is 0 Å². The molecule has 1 aromatic rings. The summed E-state index contributed by atoms with van der Waals surface area (Å²) in [7, 11) is 0. The summed E-state index contributed by atoms with van der Waals surface area (Å²) in [6.07, 6.45) is 3.06. The van der Waals surface area contributed by atoms with Gasteiger partial charge in [-0.15, -0.1) is 0 Å². The average molecular weight is 360 g/mol. The fourth-order valence-corrected chi connectivity index (χ4v) is 3.92. The lowest BCUT2D eigenvalue weighted by Gasteiger charge is -2.38. The summed E-state index contributed by atoms with van der Waals surface area (Å²) in [6.45, 7) is 6.24. The first-order chi connectivity index (χ1) is 12.1. The smallest absolute Gasteiger partial charge is 0.322 e. The number of benzene rings is 1. The van der Waals surface area contributed by atoms with Gasteiger partial charge in [0.15, 0.2) is 0 Å². The Labute approximate surface area is 154 Å². The standard InChI is InChI=1S/C20H28N2O4/c1-13-8-15(11-20(2,3)10-13)19(26)22-16-6-4-14(5-7-16)9-17(23)21-12-18(24)25/h4-7,13,15H,8-12H2,1-3H3,(H,21,23)(H,22,26)(H,24,25). The van der Waals surface area contributed by atoms with Crippen molar-refractivity contribution in [3.63, 3.8) is 0 Å². The molecular weight excluding hydrogens is 332 g/mol. The van der Waals surface area contributed by atoms with E-state index in [0.717, 1.165) is 24.8 Å². The van der Waals surface area contributed by atoms with E-state index in [4.69, 9.17) is 5.11 Å². The lowest BCUT2D eigenvalue weighted by molar-refractivity contribution is -0.137. The third kappa shape index (κ3) is 6.17. The van der Waals surface area contributed by atoms with Gasteiger partial charge in [-0.25, -0.2) is 0 Å². The summed E-state index contributed by atoms with van der Waals surface area (Å²) in [5, 5.41) is 13.8. The van der Waals surface area contributed by atoms with E-state index in [2.05, 4.69) is 31.4 Å². The molecule has 26 heavy (non-hydrogen) atoms. The van der Waals surface area contributed by atoms with Gasteiger partial charge < -0.3 is 15.7 Å². The zero-order valence-corrected chi connectivity index (χ0v) is 15.7. The summed E-state index contributed by atoms with van der Waals surface area (Å²) in [5.41, 5.74) is 1.66. The highest BCUT2D eigenvalue weighted by Crippen LogP contribution is 2.41. The fourth-order valence-electron chi connectivity index (χ4n) is 3.92. The molecule has 6 heteroatoms. The maximum Gasteiger partial charge on any atom is 0.322 e. The van der Waals surface area contributed by atoms with Crippen LogP contribution in [0, 0.1) is 17.3 Å². The van der Waals surface area contributed by atoms with Crippen molar-refractivity contribution in [2.24, 2.45) is 17.3 Å². The molecule has 2 atom stereocenters. The van der Waals surface area contributed by atoms with Gasteiger partial charge in [0.1, 0.15) is 6.54 Å². The Bertz CT molecular complexity index is 667. The van der Waals surface area contributed by atoms with Crippen molar-refractivity contribution in [2.45, 2.75) is 46.5 Å². The molecule has 142 valence electrons. The van der Waals surface area contributed by atoms with Crippen LogP contribution >= 0.6 is 0 Å². The normalized spacial score (nSPS) is 21.7. The summed E-state index contributed by atoms with van der Waals surface area (Å²) < 4.78 is 0. The topological polar surface area (TPSA) is 95.5 Å². The van der Waals surface area contributed by atoms with Gasteiger partial charge in [-0.05, 0) is 48.3 Å². The van der Waals surface area contributed by atoms with Gasteiger partial charge in [-0.3, -0.25) is 14.4 Å². The van der Waals surface area contributed by atoms with Gasteiger partial charge >= 0.3 is 5.97 Å². The molecule has 1 saturated carbocycles. The van der Waals surface area contributed by atoms with Crippen LogP contribution in [-0.4, -0.2) is 29.4 Å². The minimum absolute atomic E-state index is 0.0234. The van der Waals surface area contributed by atoms with Crippen LogP contribution in [0.25, 0.3) is 0 Å². The molecule has 0 aromatic heterocycles. The highest BCUT2D eigenvalue weighted by molar-refractivity contribution is 5.92. The van der Waals surface area contributed by atoms with E-state index in [9.17, 15) is 14.4 Å². The minimum Gasteiger partial charge on any atom is -0.480 e. The first-order valence-electron chi connectivity index (χ1n) is 9.03. The van der Waals surface area contributed by atoms with E-state index in [-0.39, 0.29) is 36.1 Å². The highest BCUT2D eigenvalue weighted by atomic mass is 16.4. The van der Waals surface area contributed by atoms with Crippen LogP contribution in [0.5, 0.6) is 0 Å². The van der Waals surface area contributed by atoms with Crippen LogP contribution in [0.15, 0.2) is 24.3 Å². The molecule has 6 nitrogen and oxygen atoms in total. The van der Waals surface area contributed by atoms with Crippen LogP contribution < -0.4 is 10.6 Å². The second kappa shape index (κ2) is 8.34. The third-order valence-corrected chi connectivity index (χ3v) is 4.78. The zero-order chi connectivity index (χ0) is 19.3. The van der Waals surface area contributed by atoms with Crippen molar-refractivity contribution >= 4 is 23.5 Å². The summed E-state index contributed by atoms with van der Waals surface area (Å²) in [5.74, 6) is -0.799. The number of rotatable bonds is 6. The number of amides is 2. The molecular formula is C20H28N2O4. The molecule has 1 aliphatic rings. The highest BCUT2D eigenvalue weighted by Gasteiger charge is 2.35. The Hall–Kier alpha value is -2.37. The average Bonchev–Trinajstić information content (AvgIpc) is 2.53. The lowest BCUT2D eigenvalue weighted by atomic mass is 9.68. The lowest BCUT2D eigenvalue weighted by Crippen LogP contribution is -2.34. The second-order valence-corrected chi connectivity index (χ2v) is 8.14. The number of hydrogen-bond acceptors (Lipinski definition) is 3. The van der Waals surface area contributed by atoms with E-state index in [0.29, 0.717) is 11.6 Å². The molecule has 0 heterocycles. The molecule has 3 N–H and O–H groups in total. The Morgan fingerprint density at radius 3 is 2.38 bits per heavy atom. The zero-order valence-electron chi connectivity index (χ0n) is 15.7. The van der Waals surface area contributed by atoms with Gasteiger partial charge in [0.25, 0.3) is 0 Å². The molecule has 1 aromatic carbocycles. The third-order valence-electron chi connectivity index (χ3n) is 4.78. The van der Waals surface area contributed by atoms with Gasteiger partial charge in [0.05, 0.1) is 6.42 Å². The van der Waals surface area contributed by atoms with Gasteiger partial charge in [-0.1, -0.05) is 32.9 Å². The predicted molar refractivity (Wildman–Crippen MR) is 99.7 cm³/mol. The van der Waals surface area contributed by atoms with Gasteiger partial charge in [0, 0.05) is 11.6 Å². The summed E-state index contributed by atoms with van der Waals surface area (Å²) in [4.78, 5) is 34.7. The van der Waals surface area contributed by atoms with E-state index in [1.54, 1.807) is 24.3 Å². The second-order valence-electron chi connectivity index (χ2n) is 8.14. The molecule has 1 fully saturated rings. The van der Waals surface area contributed by atoms with Crippen LogP contribution in [-0.2, 0) is 20.8 Å². The van der Waals surface area contributed by atoms with E-state index >= 15 is 0 Å². The van der Waals surface area contributed by atoms with Gasteiger partial charge in [0.2, 0.25) is 11.8 Å². The number of aliphatic carboxylic acids is 1. The van der Waals surface area contributed by atoms with Crippen molar-refractivity contribution in [2.75, 3.05) is 11.9 Å². The number of carbonyl (C=O) groups is 3. The Morgan fingerprint density at radius 1 is 1.15 bits per heavy atom. The molecule has 0 radical (unpaired) electrons.